The van der Waals surface area contributed by atoms with E-state index in [1.54, 1.807) is 18.2 Å². The lowest BCUT2D eigenvalue weighted by molar-refractivity contribution is -0.126. The minimum absolute atomic E-state index is 0.0625. The monoisotopic (exact) mass is 380 g/mol. The van der Waals surface area contributed by atoms with Gasteiger partial charge in [0, 0.05) is 25.3 Å². The zero-order valence-electron chi connectivity index (χ0n) is 16.0. The highest BCUT2D eigenvalue weighted by Gasteiger charge is 2.11. The second kappa shape index (κ2) is 9.14. The van der Waals surface area contributed by atoms with Gasteiger partial charge >= 0.3 is 0 Å². The Morgan fingerprint density at radius 2 is 1.89 bits per heavy atom. The van der Waals surface area contributed by atoms with Crippen LogP contribution in [0.15, 0.2) is 59.4 Å². The molecule has 0 saturated heterocycles. The van der Waals surface area contributed by atoms with E-state index in [2.05, 4.69) is 20.2 Å². The first-order valence-corrected chi connectivity index (χ1v) is 9.15. The summed E-state index contributed by atoms with van der Waals surface area (Å²) in [5.41, 5.74) is 1.48. The predicted octanol–water partition coefficient (Wildman–Crippen LogP) is 2.08. The Bertz CT molecular complexity index is 988. The van der Waals surface area contributed by atoms with Crippen molar-refractivity contribution in [2.75, 3.05) is 25.1 Å². The van der Waals surface area contributed by atoms with E-state index in [4.69, 9.17) is 4.74 Å². The average Bonchev–Trinajstić information content (AvgIpc) is 2.72. The Kier molecular flexibility index (Phi) is 6.39. The van der Waals surface area contributed by atoms with Gasteiger partial charge in [-0.2, -0.15) is 0 Å². The number of anilines is 1. The van der Waals surface area contributed by atoms with Gasteiger partial charge in [-0.1, -0.05) is 30.3 Å². The maximum atomic E-state index is 12.0. The van der Waals surface area contributed by atoms with E-state index >= 15 is 0 Å². The number of nitrogens with zero attached hydrogens (tertiary/aromatic N) is 2. The zero-order valence-corrected chi connectivity index (χ0v) is 16.0. The van der Waals surface area contributed by atoms with Crippen molar-refractivity contribution in [1.82, 2.24) is 15.3 Å². The number of hydrogen-bond donors (Lipinski definition) is 2. The van der Waals surface area contributed by atoms with E-state index in [-0.39, 0.29) is 30.7 Å². The maximum absolute atomic E-state index is 12.0. The van der Waals surface area contributed by atoms with Crippen LogP contribution in [0.4, 0.5) is 5.69 Å². The van der Waals surface area contributed by atoms with Crippen LogP contribution in [-0.4, -0.2) is 42.1 Å². The molecule has 0 bridgehead atoms. The van der Waals surface area contributed by atoms with Gasteiger partial charge < -0.3 is 19.9 Å². The Morgan fingerprint density at radius 3 is 2.68 bits per heavy atom. The number of nitrogens with one attached hydrogen (secondary N) is 2. The summed E-state index contributed by atoms with van der Waals surface area (Å²) in [6, 6.07) is 17.2. The topological polar surface area (TPSA) is 87.3 Å². The number of aromatic amines is 1. The number of hydrogen-bond acceptors (Lipinski definition) is 5. The van der Waals surface area contributed by atoms with Gasteiger partial charge in [-0.15, -0.1) is 0 Å². The van der Waals surface area contributed by atoms with Crippen LogP contribution in [0.2, 0.25) is 0 Å². The van der Waals surface area contributed by atoms with Crippen molar-refractivity contribution in [2.24, 2.45) is 0 Å². The van der Waals surface area contributed by atoms with Crippen LogP contribution in [0, 0.1) is 0 Å². The highest BCUT2D eigenvalue weighted by Crippen LogP contribution is 2.13. The summed E-state index contributed by atoms with van der Waals surface area (Å²) in [6.07, 6.45) is 0. The molecule has 0 aliphatic carbocycles. The van der Waals surface area contributed by atoms with Crippen LogP contribution in [0.25, 0.3) is 10.9 Å². The number of likely N-dealkylation sites (N-methyl/N-ethyl adjacent to an activating group) is 1. The first-order valence-electron chi connectivity index (χ1n) is 9.15. The molecule has 2 N–H and O–H groups in total. The molecular weight excluding hydrogens is 356 g/mol. The van der Waals surface area contributed by atoms with Gasteiger partial charge in [0.1, 0.15) is 19.0 Å². The molecule has 3 aromatic rings. The Labute approximate surface area is 163 Å². The van der Waals surface area contributed by atoms with Crippen LogP contribution in [0.3, 0.4) is 0 Å². The summed E-state index contributed by atoms with van der Waals surface area (Å²) in [7, 11) is 1.99. The summed E-state index contributed by atoms with van der Waals surface area (Å²) in [6.45, 7) is 2.50. The summed E-state index contributed by atoms with van der Waals surface area (Å²) in [5.74, 6) is 0.185. The highest BCUT2D eigenvalue weighted by atomic mass is 16.5. The molecule has 28 heavy (non-hydrogen) atoms. The van der Waals surface area contributed by atoms with E-state index in [1.807, 2.05) is 50.4 Å². The fourth-order valence-corrected chi connectivity index (χ4v) is 2.81. The zero-order chi connectivity index (χ0) is 19.9. The van der Waals surface area contributed by atoms with Gasteiger partial charge in [-0.25, -0.2) is 4.98 Å². The van der Waals surface area contributed by atoms with Crippen LogP contribution in [0.5, 0.6) is 0 Å². The third kappa shape index (κ3) is 4.95. The first-order chi connectivity index (χ1) is 13.5. The van der Waals surface area contributed by atoms with Crippen LogP contribution < -0.4 is 15.8 Å². The molecule has 0 aliphatic heterocycles. The van der Waals surface area contributed by atoms with Gasteiger partial charge in [0.15, 0.2) is 0 Å². The second-order valence-corrected chi connectivity index (χ2v) is 6.62. The number of ether oxygens (including phenoxy) is 1. The number of fused-ring (bicyclic) bond motifs is 1. The van der Waals surface area contributed by atoms with Crippen molar-refractivity contribution in [2.45, 2.75) is 19.6 Å². The molecule has 1 atom stereocenters. The average molecular weight is 380 g/mol. The second-order valence-electron chi connectivity index (χ2n) is 6.62. The Balaban J connectivity index is 1.45. The molecule has 0 radical (unpaired) electrons. The summed E-state index contributed by atoms with van der Waals surface area (Å²) in [5, 5.41) is 3.39. The van der Waals surface area contributed by atoms with Crippen molar-refractivity contribution in [3.63, 3.8) is 0 Å². The number of benzene rings is 2. The highest BCUT2D eigenvalue weighted by molar-refractivity contribution is 5.77. The summed E-state index contributed by atoms with van der Waals surface area (Å²) >= 11 is 0. The number of para-hydroxylation sites is 2. The molecule has 2 aromatic carbocycles. The molecule has 0 unspecified atom stereocenters. The predicted molar refractivity (Wildman–Crippen MR) is 109 cm³/mol. The molecule has 1 heterocycles. The largest absolute Gasteiger partial charge is 0.370 e. The van der Waals surface area contributed by atoms with Gasteiger partial charge in [0.25, 0.3) is 5.56 Å². The number of rotatable bonds is 8. The third-order valence-electron chi connectivity index (χ3n) is 4.55. The summed E-state index contributed by atoms with van der Waals surface area (Å²) in [4.78, 5) is 33.2. The van der Waals surface area contributed by atoms with Gasteiger partial charge in [0.2, 0.25) is 5.91 Å². The molecule has 1 aromatic heterocycles. The summed E-state index contributed by atoms with van der Waals surface area (Å²) < 4.78 is 5.40. The molecule has 7 nitrogen and oxygen atoms in total. The molecule has 3 rings (SSSR count). The SMILES string of the molecule is C[C@@H](CNC(=O)COCc1nc2ccccc2c(=O)[nH]1)N(C)c1ccccc1. The van der Waals surface area contributed by atoms with Gasteiger partial charge in [0.05, 0.1) is 10.9 Å². The minimum atomic E-state index is -0.216. The molecule has 7 heteroatoms. The van der Waals surface area contributed by atoms with Gasteiger partial charge in [-0.3, -0.25) is 9.59 Å². The van der Waals surface area contributed by atoms with Crippen molar-refractivity contribution in [3.05, 3.63) is 70.8 Å². The molecular formula is C21H24N4O3. The number of carbonyl (C=O) groups excluding carboxylic acids is 1. The number of carbonyl (C=O) groups is 1. The molecule has 0 fully saturated rings. The molecule has 0 aliphatic rings. The molecule has 146 valence electrons. The Hall–Kier alpha value is -3.19. The number of amides is 1. The third-order valence-corrected chi connectivity index (χ3v) is 4.55. The lowest BCUT2D eigenvalue weighted by atomic mass is 10.2. The minimum Gasteiger partial charge on any atom is -0.370 e. The number of aromatic nitrogens is 2. The van der Waals surface area contributed by atoms with Crippen LogP contribution in [0.1, 0.15) is 12.7 Å². The van der Waals surface area contributed by atoms with Crippen molar-refractivity contribution in [3.8, 4) is 0 Å². The van der Waals surface area contributed by atoms with Gasteiger partial charge in [-0.05, 0) is 31.2 Å². The molecule has 0 spiro atoms. The smallest absolute Gasteiger partial charge is 0.258 e. The fourth-order valence-electron chi connectivity index (χ4n) is 2.81. The fraction of sp³-hybridized carbons (Fsp3) is 0.286. The standard InChI is InChI=1S/C21H24N4O3/c1-15(25(2)16-8-4-3-5-9-16)12-22-20(26)14-28-13-19-23-18-11-7-6-10-17(18)21(27)24-19/h3-11,15H,12-14H2,1-2H3,(H,22,26)(H,23,24,27)/t15-/m0/s1. The van der Waals surface area contributed by atoms with Crippen LogP contribution >= 0.6 is 0 Å². The van der Waals surface area contributed by atoms with E-state index < -0.39 is 0 Å². The quantitative estimate of drug-likeness (QED) is 0.625. The molecule has 1 amide bonds. The first kappa shape index (κ1) is 19.6. The lowest BCUT2D eigenvalue weighted by Gasteiger charge is -2.27. The number of H-pyrrole nitrogens is 1. The van der Waals surface area contributed by atoms with Crippen molar-refractivity contribution in [1.29, 1.82) is 0 Å². The van der Waals surface area contributed by atoms with E-state index in [0.717, 1.165) is 5.69 Å². The molecule has 0 saturated carbocycles. The van der Waals surface area contributed by atoms with Crippen molar-refractivity contribution < 1.29 is 9.53 Å². The maximum Gasteiger partial charge on any atom is 0.258 e. The van der Waals surface area contributed by atoms with E-state index in [9.17, 15) is 9.59 Å². The lowest BCUT2D eigenvalue weighted by Crippen LogP contribution is -2.41. The van der Waals surface area contributed by atoms with E-state index in [1.165, 1.54) is 0 Å². The van der Waals surface area contributed by atoms with E-state index in [0.29, 0.717) is 23.3 Å². The Morgan fingerprint density at radius 1 is 1.18 bits per heavy atom. The normalized spacial score (nSPS) is 11.9. The van der Waals surface area contributed by atoms with Crippen molar-refractivity contribution >= 4 is 22.5 Å². The van der Waals surface area contributed by atoms with Crippen LogP contribution in [-0.2, 0) is 16.1 Å².